The standard InChI is InChI=1S/C18H20N4O5S3/c1-2-27-16(24)12-28-18-21-20-17(29-18)19-15(23)9-6-13-4-7-14(8-5-13)22-10-3-11-30(22,25)26/h4-9H,2-3,10-12H2,1H3,(H,19,20,23)/b9-6+. The number of hydrogen-bond acceptors (Lipinski definition) is 9. The van der Waals surface area contributed by atoms with E-state index in [-0.39, 0.29) is 23.4 Å². The van der Waals surface area contributed by atoms with Crippen molar-refractivity contribution in [3.8, 4) is 0 Å². The third-order valence-electron chi connectivity index (χ3n) is 3.96. The highest BCUT2D eigenvalue weighted by Crippen LogP contribution is 2.26. The van der Waals surface area contributed by atoms with Crippen LogP contribution < -0.4 is 9.62 Å². The molecule has 0 saturated carbocycles. The zero-order valence-corrected chi connectivity index (χ0v) is 18.6. The summed E-state index contributed by atoms with van der Waals surface area (Å²) < 4.78 is 30.7. The van der Waals surface area contributed by atoms with Crippen molar-refractivity contribution in [3.05, 3.63) is 35.9 Å². The number of thioether (sulfide) groups is 1. The normalized spacial score (nSPS) is 15.4. The fraction of sp³-hybridized carbons (Fsp3) is 0.333. The second-order valence-corrected chi connectivity index (χ2v) is 10.3. The maximum absolute atomic E-state index is 12.1. The number of benzene rings is 1. The maximum Gasteiger partial charge on any atom is 0.316 e. The van der Waals surface area contributed by atoms with Gasteiger partial charge in [-0.2, -0.15) is 0 Å². The lowest BCUT2D eigenvalue weighted by molar-refractivity contribution is -0.139. The molecule has 1 N–H and O–H groups in total. The Labute approximate surface area is 182 Å². The monoisotopic (exact) mass is 468 g/mol. The minimum absolute atomic E-state index is 0.130. The number of nitrogens with zero attached hydrogens (tertiary/aromatic N) is 3. The van der Waals surface area contributed by atoms with Gasteiger partial charge in [-0.1, -0.05) is 35.2 Å². The van der Waals surface area contributed by atoms with Gasteiger partial charge in [0.05, 0.1) is 23.8 Å². The summed E-state index contributed by atoms with van der Waals surface area (Å²) in [6.07, 6.45) is 3.60. The number of amides is 1. The van der Waals surface area contributed by atoms with Crippen molar-refractivity contribution >= 4 is 61.9 Å². The minimum Gasteiger partial charge on any atom is -0.465 e. The molecule has 1 saturated heterocycles. The van der Waals surface area contributed by atoms with Crippen LogP contribution in [0.5, 0.6) is 0 Å². The Kier molecular flexibility index (Phi) is 7.45. The van der Waals surface area contributed by atoms with E-state index in [1.54, 1.807) is 37.3 Å². The third kappa shape index (κ3) is 6.03. The summed E-state index contributed by atoms with van der Waals surface area (Å²) in [5.74, 6) is -0.409. The molecule has 1 aliphatic heterocycles. The Morgan fingerprint density at radius 1 is 1.30 bits per heavy atom. The van der Waals surface area contributed by atoms with Gasteiger partial charge in [-0.15, -0.1) is 10.2 Å². The van der Waals surface area contributed by atoms with Crippen LogP contribution in [0.2, 0.25) is 0 Å². The van der Waals surface area contributed by atoms with Gasteiger partial charge in [0.2, 0.25) is 21.1 Å². The topological polar surface area (TPSA) is 119 Å². The lowest BCUT2D eigenvalue weighted by Gasteiger charge is -2.16. The van der Waals surface area contributed by atoms with Gasteiger partial charge < -0.3 is 4.74 Å². The molecule has 9 nitrogen and oxygen atoms in total. The van der Waals surface area contributed by atoms with Gasteiger partial charge in [0.15, 0.2) is 4.34 Å². The molecule has 1 fully saturated rings. The van der Waals surface area contributed by atoms with Crippen molar-refractivity contribution in [2.24, 2.45) is 0 Å². The van der Waals surface area contributed by atoms with E-state index in [1.807, 2.05) is 0 Å². The molecule has 3 rings (SSSR count). The number of carbonyl (C=O) groups is 2. The molecule has 0 unspecified atom stereocenters. The molecule has 30 heavy (non-hydrogen) atoms. The lowest BCUT2D eigenvalue weighted by Crippen LogP contribution is -2.24. The number of rotatable bonds is 8. The first kappa shape index (κ1) is 22.2. The molecule has 0 atom stereocenters. The van der Waals surface area contributed by atoms with E-state index in [4.69, 9.17) is 4.74 Å². The molecular weight excluding hydrogens is 448 g/mol. The molecule has 0 aliphatic carbocycles. The quantitative estimate of drug-likeness (QED) is 0.271. The van der Waals surface area contributed by atoms with Crippen LogP contribution in [0.25, 0.3) is 6.08 Å². The maximum atomic E-state index is 12.1. The van der Waals surface area contributed by atoms with Crippen molar-refractivity contribution in [2.45, 2.75) is 17.7 Å². The Hall–Kier alpha value is -2.44. The molecule has 0 spiro atoms. The average molecular weight is 469 g/mol. The van der Waals surface area contributed by atoms with E-state index in [1.165, 1.54) is 22.1 Å². The van der Waals surface area contributed by atoms with E-state index < -0.39 is 10.0 Å². The third-order valence-corrected chi connectivity index (χ3v) is 7.78. The molecule has 1 aliphatic rings. The number of carbonyl (C=O) groups excluding carboxylic acids is 2. The predicted octanol–water partition coefficient (Wildman–Crippen LogP) is 2.39. The van der Waals surface area contributed by atoms with Gasteiger partial charge in [-0.05, 0) is 37.1 Å². The zero-order chi connectivity index (χ0) is 21.6. The molecule has 12 heteroatoms. The van der Waals surface area contributed by atoms with Crippen LogP contribution in [-0.2, 0) is 24.3 Å². The van der Waals surface area contributed by atoms with Crippen LogP contribution in [0.1, 0.15) is 18.9 Å². The summed E-state index contributed by atoms with van der Waals surface area (Å²) >= 11 is 2.36. The largest absolute Gasteiger partial charge is 0.465 e. The summed E-state index contributed by atoms with van der Waals surface area (Å²) in [6.45, 7) is 2.55. The van der Waals surface area contributed by atoms with Crippen molar-refractivity contribution in [3.63, 3.8) is 0 Å². The smallest absolute Gasteiger partial charge is 0.316 e. The molecule has 1 aromatic heterocycles. The first-order chi connectivity index (χ1) is 14.4. The lowest BCUT2D eigenvalue weighted by atomic mass is 10.2. The molecule has 2 aromatic rings. The predicted molar refractivity (Wildman–Crippen MR) is 117 cm³/mol. The molecule has 1 aromatic carbocycles. The first-order valence-electron chi connectivity index (χ1n) is 9.09. The Balaban J connectivity index is 1.52. The van der Waals surface area contributed by atoms with Crippen LogP contribution in [0.3, 0.4) is 0 Å². The summed E-state index contributed by atoms with van der Waals surface area (Å²) in [7, 11) is -3.21. The number of esters is 1. The molecule has 1 amide bonds. The van der Waals surface area contributed by atoms with Gasteiger partial charge in [0.1, 0.15) is 0 Å². The summed E-state index contributed by atoms with van der Waals surface area (Å²) in [5.41, 5.74) is 1.38. The van der Waals surface area contributed by atoms with Gasteiger partial charge in [-0.25, -0.2) is 8.42 Å². The van der Waals surface area contributed by atoms with Crippen LogP contribution in [-0.4, -0.2) is 55.1 Å². The first-order valence-corrected chi connectivity index (χ1v) is 12.5. The van der Waals surface area contributed by atoms with Gasteiger partial charge in [-0.3, -0.25) is 19.2 Å². The van der Waals surface area contributed by atoms with Crippen LogP contribution >= 0.6 is 23.1 Å². The van der Waals surface area contributed by atoms with E-state index >= 15 is 0 Å². The van der Waals surface area contributed by atoms with Crippen LogP contribution in [0.4, 0.5) is 10.8 Å². The summed E-state index contributed by atoms with van der Waals surface area (Å²) in [4.78, 5) is 23.4. The number of anilines is 2. The molecule has 2 heterocycles. The molecule has 0 radical (unpaired) electrons. The fourth-order valence-electron chi connectivity index (χ4n) is 2.64. The SMILES string of the molecule is CCOC(=O)CSc1nnc(NC(=O)/C=C/c2ccc(N3CCCS3(=O)=O)cc2)s1. The molecule has 160 valence electrons. The van der Waals surface area contributed by atoms with E-state index in [0.29, 0.717) is 34.7 Å². The van der Waals surface area contributed by atoms with Crippen LogP contribution in [0, 0.1) is 0 Å². The number of sulfonamides is 1. The minimum atomic E-state index is -3.21. The van der Waals surface area contributed by atoms with Crippen LogP contribution in [0.15, 0.2) is 34.7 Å². The summed E-state index contributed by atoms with van der Waals surface area (Å²) in [5, 5.41) is 10.7. The highest BCUT2D eigenvalue weighted by Gasteiger charge is 2.28. The number of ether oxygens (including phenoxy) is 1. The van der Waals surface area contributed by atoms with Crippen molar-refractivity contribution < 1.29 is 22.7 Å². The highest BCUT2D eigenvalue weighted by atomic mass is 32.2. The average Bonchev–Trinajstić information content (AvgIpc) is 3.31. The van der Waals surface area contributed by atoms with Gasteiger partial charge in [0.25, 0.3) is 0 Å². The fourth-order valence-corrected chi connectivity index (χ4v) is 5.76. The Morgan fingerprint density at radius 2 is 2.07 bits per heavy atom. The number of hydrogen-bond donors (Lipinski definition) is 1. The highest BCUT2D eigenvalue weighted by molar-refractivity contribution is 8.01. The van der Waals surface area contributed by atoms with E-state index in [0.717, 1.165) is 16.9 Å². The van der Waals surface area contributed by atoms with E-state index in [9.17, 15) is 18.0 Å². The Morgan fingerprint density at radius 3 is 2.73 bits per heavy atom. The number of aromatic nitrogens is 2. The second kappa shape index (κ2) is 10.0. The second-order valence-electron chi connectivity index (χ2n) is 6.12. The zero-order valence-electron chi connectivity index (χ0n) is 16.1. The summed E-state index contributed by atoms with van der Waals surface area (Å²) in [6, 6.07) is 6.94. The van der Waals surface area contributed by atoms with Gasteiger partial charge in [0, 0.05) is 12.6 Å². The Bertz CT molecular complexity index is 1030. The van der Waals surface area contributed by atoms with Gasteiger partial charge >= 0.3 is 5.97 Å². The molecular formula is C18H20N4O5S3. The number of nitrogens with one attached hydrogen (secondary N) is 1. The van der Waals surface area contributed by atoms with Crippen molar-refractivity contribution in [1.82, 2.24) is 10.2 Å². The van der Waals surface area contributed by atoms with Crippen molar-refractivity contribution in [1.29, 1.82) is 0 Å². The van der Waals surface area contributed by atoms with E-state index in [2.05, 4.69) is 15.5 Å². The van der Waals surface area contributed by atoms with Crippen molar-refractivity contribution in [2.75, 3.05) is 34.3 Å². The molecule has 0 bridgehead atoms.